The highest BCUT2D eigenvalue weighted by Crippen LogP contribution is 2.18. The van der Waals surface area contributed by atoms with E-state index in [-0.39, 0.29) is 23.7 Å². The molecule has 0 spiro atoms. The van der Waals surface area contributed by atoms with Crippen molar-refractivity contribution in [1.82, 2.24) is 20.2 Å². The van der Waals surface area contributed by atoms with Crippen LogP contribution in [-0.4, -0.2) is 53.7 Å². The molecular formula is C20H23N5O3. The average molecular weight is 381 g/mol. The molecule has 0 saturated carbocycles. The van der Waals surface area contributed by atoms with Crippen LogP contribution in [0.25, 0.3) is 0 Å². The van der Waals surface area contributed by atoms with Crippen molar-refractivity contribution in [2.45, 2.75) is 25.4 Å². The zero-order chi connectivity index (χ0) is 19.8. The quantitative estimate of drug-likeness (QED) is 0.823. The van der Waals surface area contributed by atoms with E-state index in [9.17, 15) is 4.79 Å². The number of rotatable bonds is 6. The Morgan fingerprint density at radius 3 is 2.86 bits per heavy atom. The number of aromatic nitrogens is 2. The first-order valence-electron chi connectivity index (χ1n) is 9.23. The molecule has 1 atom stereocenters. The van der Waals surface area contributed by atoms with Crippen LogP contribution in [0.2, 0.25) is 0 Å². The summed E-state index contributed by atoms with van der Waals surface area (Å²) in [6.45, 7) is 1.69. The molecule has 1 aromatic heterocycles. The maximum Gasteiger partial charge on any atom is 0.317 e. The fourth-order valence-electron chi connectivity index (χ4n) is 3.08. The fourth-order valence-corrected chi connectivity index (χ4v) is 3.08. The van der Waals surface area contributed by atoms with Crippen molar-refractivity contribution in [2.24, 2.45) is 0 Å². The number of methoxy groups -OCH3 is 1. The minimum absolute atomic E-state index is 0.110. The Hall–Kier alpha value is -3.34. The van der Waals surface area contributed by atoms with Gasteiger partial charge in [0.15, 0.2) is 0 Å². The van der Waals surface area contributed by atoms with Crippen LogP contribution in [0.15, 0.2) is 36.7 Å². The number of ether oxygens (including phenoxy) is 2. The summed E-state index contributed by atoms with van der Waals surface area (Å²) in [5.41, 5.74) is 1.29. The summed E-state index contributed by atoms with van der Waals surface area (Å²) in [5.74, 6) is 1.03. The van der Waals surface area contributed by atoms with Gasteiger partial charge in [-0.1, -0.05) is 12.1 Å². The van der Waals surface area contributed by atoms with Gasteiger partial charge in [0.1, 0.15) is 17.9 Å². The number of carbonyl (C=O) groups is 1. The van der Waals surface area contributed by atoms with E-state index in [1.807, 2.05) is 30.3 Å². The molecule has 0 bridgehead atoms. The average Bonchev–Trinajstić information content (AvgIpc) is 2.75. The lowest BCUT2D eigenvalue weighted by Crippen LogP contribution is -2.49. The monoisotopic (exact) mass is 381 g/mol. The van der Waals surface area contributed by atoms with Crippen molar-refractivity contribution in [2.75, 3.05) is 26.7 Å². The first kappa shape index (κ1) is 19.4. The number of likely N-dealkylation sites (tertiary alicyclic amines) is 1. The first-order valence-corrected chi connectivity index (χ1v) is 9.23. The summed E-state index contributed by atoms with van der Waals surface area (Å²) in [6.07, 6.45) is 5.12. The zero-order valence-electron chi connectivity index (χ0n) is 15.8. The smallest absolute Gasteiger partial charge is 0.317 e. The molecule has 28 heavy (non-hydrogen) atoms. The van der Waals surface area contributed by atoms with Crippen molar-refractivity contribution in [1.29, 1.82) is 5.26 Å². The standard InChI is InChI=1S/C20H23N5O3/c1-27-16-6-4-15(5-7-16)8-9-24-20(26)25-12-2-3-17(14-25)28-19-18(13-21)22-10-11-23-19/h4-7,10-11,17H,2-3,8-9,12,14H2,1H3,(H,24,26)/t17-/m1/s1. The van der Waals surface area contributed by atoms with E-state index < -0.39 is 0 Å². The summed E-state index contributed by atoms with van der Waals surface area (Å²) < 4.78 is 11.0. The molecule has 0 unspecified atom stereocenters. The van der Waals surface area contributed by atoms with Gasteiger partial charge in [-0.15, -0.1) is 0 Å². The topological polar surface area (TPSA) is 100 Å². The zero-order valence-corrected chi connectivity index (χ0v) is 15.8. The minimum atomic E-state index is -0.204. The van der Waals surface area contributed by atoms with Crippen molar-refractivity contribution in [3.05, 3.63) is 47.9 Å². The predicted octanol–water partition coefficient (Wildman–Crippen LogP) is 2.15. The number of piperidine rings is 1. The molecule has 2 heterocycles. The van der Waals surface area contributed by atoms with Gasteiger partial charge in [-0.3, -0.25) is 0 Å². The highest BCUT2D eigenvalue weighted by atomic mass is 16.5. The summed E-state index contributed by atoms with van der Waals surface area (Å²) in [4.78, 5) is 22.2. The molecule has 3 rings (SSSR count). The van der Waals surface area contributed by atoms with Crippen LogP contribution in [0.3, 0.4) is 0 Å². The summed E-state index contributed by atoms with van der Waals surface area (Å²) in [5, 5.41) is 12.1. The first-order chi connectivity index (χ1) is 13.7. The Bertz CT molecular complexity index is 834. The van der Waals surface area contributed by atoms with E-state index in [1.165, 1.54) is 12.4 Å². The highest BCUT2D eigenvalue weighted by Gasteiger charge is 2.25. The van der Waals surface area contributed by atoms with Gasteiger partial charge in [0.25, 0.3) is 5.88 Å². The molecule has 1 aliphatic heterocycles. The second kappa shape index (κ2) is 9.55. The van der Waals surface area contributed by atoms with Gasteiger partial charge < -0.3 is 19.7 Å². The van der Waals surface area contributed by atoms with Crippen LogP contribution in [0.4, 0.5) is 4.79 Å². The van der Waals surface area contributed by atoms with Gasteiger partial charge in [0.05, 0.1) is 13.7 Å². The normalized spacial score (nSPS) is 16.1. The Kier molecular flexibility index (Phi) is 6.63. The molecule has 146 valence electrons. The van der Waals surface area contributed by atoms with E-state index in [0.717, 1.165) is 30.6 Å². The number of hydrogen-bond donors (Lipinski definition) is 1. The van der Waals surface area contributed by atoms with E-state index in [0.29, 0.717) is 19.6 Å². The number of hydrogen-bond acceptors (Lipinski definition) is 6. The highest BCUT2D eigenvalue weighted by molar-refractivity contribution is 5.74. The third-order valence-corrected chi connectivity index (χ3v) is 4.56. The van der Waals surface area contributed by atoms with Crippen LogP contribution in [0, 0.1) is 11.3 Å². The second-order valence-electron chi connectivity index (χ2n) is 6.48. The Labute approximate surface area is 164 Å². The van der Waals surface area contributed by atoms with E-state index in [4.69, 9.17) is 14.7 Å². The van der Waals surface area contributed by atoms with E-state index in [1.54, 1.807) is 12.0 Å². The molecular weight excluding hydrogens is 358 g/mol. The molecule has 1 aromatic carbocycles. The third-order valence-electron chi connectivity index (χ3n) is 4.56. The SMILES string of the molecule is COc1ccc(CCNC(=O)N2CCC[C@@H](Oc3nccnc3C#N)C2)cc1. The van der Waals surface area contributed by atoms with Crippen LogP contribution < -0.4 is 14.8 Å². The number of carbonyl (C=O) groups excluding carboxylic acids is 1. The number of nitrogens with zero attached hydrogens (tertiary/aromatic N) is 4. The van der Waals surface area contributed by atoms with Gasteiger partial charge in [0, 0.05) is 25.5 Å². The van der Waals surface area contributed by atoms with Crippen LogP contribution >= 0.6 is 0 Å². The minimum Gasteiger partial charge on any atom is -0.497 e. The van der Waals surface area contributed by atoms with Crippen molar-refractivity contribution in [3.8, 4) is 17.7 Å². The number of amides is 2. The summed E-state index contributed by atoms with van der Waals surface area (Å²) >= 11 is 0. The summed E-state index contributed by atoms with van der Waals surface area (Å²) in [6, 6.07) is 9.66. The number of nitrogens with one attached hydrogen (secondary N) is 1. The van der Waals surface area contributed by atoms with E-state index in [2.05, 4.69) is 15.3 Å². The van der Waals surface area contributed by atoms with E-state index >= 15 is 0 Å². The molecule has 1 saturated heterocycles. The Balaban J connectivity index is 1.48. The molecule has 2 amide bonds. The van der Waals surface area contributed by atoms with Crippen molar-refractivity contribution < 1.29 is 14.3 Å². The van der Waals surface area contributed by atoms with Crippen LogP contribution in [0.1, 0.15) is 24.1 Å². The molecule has 0 aliphatic carbocycles. The number of urea groups is 1. The van der Waals surface area contributed by atoms with Gasteiger partial charge in [0.2, 0.25) is 5.69 Å². The van der Waals surface area contributed by atoms with Gasteiger partial charge in [-0.2, -0.15) is 5.26 Å². The van der Waals surface area contributed by atoms with Gasteiger partial charge in [-0.05, 0) is 37.0 Å². The fraction of sp³-hybridized carbons (Fsp3) is 0.400. The van der Waals surface area contributed by atoms with Crippen molar-refractivity contribution in [3.63, 3.8) is 0 Å². The Morgan fingerprint density at radius 2 is 2.11 bits per heavy atom. The van der Waals surface area contributed by atoms with Crippen LogP contribution in [-0.2, 0) is 6.42 Å². The van der Waals surface area contributed by atoms with Crippen LogP contribution in [0.5, 0.6) is 11.6 Å². The molecule has 1 N–H and O–H groups in total. The lowest BCUT2D eigenvalue weighted by Gasteiger charge is -2.32. The molecule has 0 radical (unpaired) electrons. The molecule has 8 nitrogen and oxygen atoms in total. The van der Waals surface area contributed by atoms with Gasteiger partial charge >= 0.3 is 6.03 Å². The van der Waals surface area contributed by atoms with Gasteiger partial charge in [-0.25, -0.2) is 14.8 Å². The van der Waals surface area contributed by atoms with Crippen molar-refractivity contribution >= 4 is 6.03 Å². The molecule has 1 fully saturated rings. The summed E-state index contributed by atoms with van der Waals surface area (Å²) in [7, 11) is 1.64. The predicted molar refractivity (Wildman–Crippen MR) is 102 cm³/mol. The molecule has 1 aliphatic rings. The largest absolute Gasteiger partial charge is 0.497 e. The lowest BCUT2D eigenvalue weighted by molar-refractivity contribution is 0.0973. The maximum absolute atomic E-state index is 12.5. The maximum atomic E-state index is 12.5. The third kappa shape index (κ3) is 5.10. The second-order valence-corrected chi connectivity index (χ2v) is 6.48. The number of nitriles is 1. The number of benzene rings is 1. The lowest BCUT2D eigenvalue weighted by atomic mass is 10.1. The molecule has 8 heteroatoms. The molecule has 2 aromatic rings. The Morgan fingerprint density at radius 1 is 1.32 bits per heavy atom.